The van der Waals surface area contributed by atoms with Crippen molar-refractivity contribution < 1.29 is 24.1 Å². The molecule has 7 heteroatoms. The molecule has 1 radical (unpaired) electrons. The summed E-state index contributed by atoms with van der Waals surface area (Å²) in [6, 6.07) is 0. The summed E-state index contributed by atoms with van der Waals surface area (Å²) in [5.74, 6) is 2.52. The lowest BCUT2D eigenvalue weighted by Crippen LogP contribution is -2.55. The number of rotatable bonds is 2. The van der Waals surface area contributed by atoms with Gasteiger partial charge in [-0.1, -0.05) is 0 Å². The van der Waals surface area contributed by atoms with Crippen LogP contribution in [-0.2, 0) is 23.7 Å². The molecule has 5 N–H and O–H groups in total. The molecule has 0 heterocycles. The molecule has 1 atom stereocenters. The highest BCUT2D eigenvalue weighted by Gasteiger charge is 2.31. The molecule has 0 bridgehead atoms. The monoisotopic (exact) mass is 129 g/mol. The van der Waals surface area contributed by atoms with Crippen molar-refractivity contribution in [3.8, 4) is 0 Å². The van der Waals surface area contributed by atoms with Crippen LogP contribution in [-0.4, -0.2) is 5.21 Å². The molecular formula is H5N2O4S+2. The molecule has 0 aliphatic heterocycles. The lowest BCUT2D eigenvalue weighted by atomic mass is 13.5. The van der Waals surface area contributed by atoms with Crippen molar-refractivity contribution in [1.82, 2.24) is 4.89 Å². The van der Waals surface area contributed by atoms with Crippen molar-refractivity contribution in [3.05, 3.63) is 0 Å². The fraction of sp³-hybridized carbons (Fsp3) is 0. The maximum absolute atomic E-state index is 9.72. The zero-order valence-corrected chi connectivity index (χ0v) is 4.10. The lowest BCUT2D eigenvalue weighted by molar-refractivity contribution is -0.638. The van der Waals surface area contributed by atoms with Crippen LogP contribution in [0.5, 0.6) is 0 Å². The lowest BCUT2D eigenvalue weighted by Gasteiger charge is -1.82. The molecule has 0 aliphatic rings. The number of hydrogen-bond acceptors (Lipinski definition) is 3. The first-order valence-corrected chi connectivity index (χ1v) is 2.62. The van der Waals surface area contributed by atoms with E-state index in [9.17, 15) is 8.76 Å². The van der Waals surface area contributed by atoms with E-state index in [2.05, 4.69) is 10.2 Å². The van der Waals surface area contributed by atoms with Gasteiger partial charge in [-0.15, -0.1) is 0 Å². The maximum Gasteiger partial charge on any atom is 0.551 e. The average Bonchev–Trinajstić information content (AvgIpc) is 1.68. The van der Waals surface area contributed by atoms with Crippen LogP contribution < -0.4 is 10.8 Å². The Morgan fingerprint density at radius 1 is 1.86 bits per heavy atom. The molecule has 0 rings (SSSR count). The maximum atomic E-state index is 9.72. The van der Waals surface area contributed by atoms with Crippen LogP contribution in [0.4, 0.5) is 0 Å². The normalized spacial score (nSPS) is 18.7. The van der Waals surface area contributed by atoms with Crippen molar-refractivity contribution in [3.63, 3.8) is 0 Å². The average molecular weight is 129 g/mol. The van der Waals surface area contributed by atoms with Crippen LogP contribution in [0.1, 0.15) is 0 Å². The standard InChI is InChI=1S/H5N2O4S/c1-6-7(4,5)2-3/h3H,1H3,(H,2,4)/q+2. The highest BCUT2D eigenvalue weighted by atomic mass is 32.3. The van der Waals surface area contributed by atoms with Gasteiger partial charge in [-0.3, -0.25) is 5.21 Å². The Kier molecular flexibility index (Phi) is 2.29. The summed E-state index contributed by atoms with van der Waals surface area (Å²) in [6.45, 7) is 0. The molecule has 0 saturated carbocycles. The summed E-state index contributed by atoms with van der Waals surface area (Å²) in [5.41, 5.74) is 0. The third kappa shape index (κ3) is 2.62. The minimum absolute atomic E-state index is 0.878. The van der Waals surface area contributed by atoms with Crippen LogP contribution in [0.3, 0.4) is 0 Å². The van der Waals surface area contributed by atoms with Gasteiger partial charge in [0.1, 0.15) is 4.55 Å². The number of quaternary nitrogens is 1. The third-order valence-electron chi connectivity index (χ3n) is 0.267. The summed E-state index contributed by atoms with van der Waals surface area (Å²) in [4.78, 5) is 0.878. The van der Waals surface area contributed by atoms with Crippen LogP contribution in [0, 0.1) is 0 Å². The van der Waals surface area contributed by atoms with Crippen molar-refractivity contribution in [1.29, 1.82) is 0 Å². The Morgan fingerprint density at radius 3 is 2.29 bits per heavy atom. The van der Waals surface area contributed by atoms with Gasteiger partial charge in [-0.25, -0.2) is 0 Å². The van der Waals surface area contributed by atoms with Gasteiger partial charge in [-0.2, -0.15) is 5.90 Å². The second-order valence-electron chi connectivity index (χ2n) is 0.663. The van der Waals surface area contributed by atoms with Crippen molar-refractivity contribution in [2.75, 3.05) is 0 Å². The topological polar surface area (TPSA) is 106 Å². The molecule has 0 fully saturated rings. The van der Waals surface area contributed by atoms with Gasteiger partial charge in [0.05, 0.1) is 9.17 Å². The molecule has 0 aliphatic carbocycles. The zero-order valence-electron chi connectivity index (χ0n) is 3.29. The van der Waals surface area contributed by atoms with E-state index in [1.165, 1.54) is 0 Å². The summed E-state index contributed by atoms with van der Waals surface area (Å²) in [6.07, 6.45) is 0. The Balaban J connectivity index is 3.61. The molecule has 0 saturated heterocycles. The van der Waals surface area contributed by atoms with E-state index in [0.29, 0.717) is 0 Å². The minimum atomic E-state index is -3.96. The number of hydrogen-bond donors (Lipinski definition) is 3. The Bertz CT molecular complexity index is 81.7. The molecule has 7 heavy (non-hydrogen) atoms. The molecule has 0 spiro atoms. The largest absolute Gasteiger partial charge is 0.551 e. The molecule has 0 amide bonds. The molecule has 6 nitrogen and oxygen atoms in total. The van der Waals surface area contributed by atoms with E-state index in [4.69, 9.17) is 5.21 Å². The van der Waals surface area contributed by atoms with Crippen molar-refractivity contribution in [2.24, 2.45) is 0 Å². The first-order chi connectivity index (χ1) is 3.12. The highest BCUT2D eigenvalue weighted by molar-refractivity contribution is 7.90. The van der Waals surface area contributed by atoms with Gasteiger partial charge in [0.15, 0.2) is 0 Å². The molecule has 0 aromatic carbocycles. The zero-order chi connectivity index (χ0) is 5.91. The highest BCUT2D eigenvalue weighted by Crippen LogP contribution is 1.85. The predicted molar refractivity (Wildman–Crippen MR) is 17.6 cm³/mol. The fourth-order valence-electron chi connectivity index (χ4n) is 0.0264. The van der Waals surface area contributed by atoms with E-state index in [1.54, 1.807) is 0 Å². The van der Waals surface area contributed by atoms with E-state index in [0.717, 1.165) is 4.89 Å². The molecule has 1 unspecified atom stereocenters. The van der Waals surface area contributed by atoms with Crippen molar-refractivity contribution >= 4 is 10.7 Å². The van der Waals surface area contributed by atoms with Crippen LogP contribution in [0.2, 0.25) is 0 Å². The second-order valence-corrected chi connectivity index (χ2v) is 1.99. The van der Waals surface area contributed by atoms with Gasteiger partial charge >= 0.3 is 10.7 Å². The first kappa shape index (κ1) is 6.95. The number of nitrogens with one attached hydrogen (secondary N) is 1. The Hall–Kier alpha value is -0.0500. The predicted octanol–water partition coefficient (Wildman–Crippen LogP) is -2.19. The summed E-state index contributed by atoms with van der Waals surface area (Å²) in [5, 5.41) is 7.59. The smallest absolute Gasteiger partial charge is 0.270 e. The van der Waals surface area contributed by atoms with Crippen molar-refractivity contribution in [2.45, 2.75) is 0 Å². The van der Waals surface area contributed by atoms with Gasteiger partial charge < -0.3 is 0 Å². The van der Waals surface area contributed by atoms with E-state index < -0.39 is 10.7 Å². The van der Waals surface area contributed by atoms with Gasteiger partial charge in [0.2, 0.25) is 0 Å². The van der Waals surface area contributed by atoms with Crippen LogP contribution in [0.25, 0.3) is 0 Å². The SMILES string of the molecule is [NH3+]O[S+]([O])(=O)NO. The van der Waals surface area contributed by atoms with Crippen LogP contribution >= 0.6 is 0 Å². The molecule has 0 aromatic heterocycles. The summed E-state index contributed by atoms with van der Waals surface area (Å²) in [7, 11) is -3.96. The summed E-state index contributed by atoms with van der Waals surface area (Å²) >= 11 is 0. The van der Waals surface area contributed by atoms with E-state index >= 15 is 0 Å². The molecular weight excluding hydrogens is 124 g/mol. The van der Waals surface area contributed by atoms with Gasteiger partial charge in [0, 0.05) is 4.21 Å². The Labute approximate surface area is 40.8 Å². The van der Waals surface area contributed by atoms with Gasteiger partial charge in [-0.05, 0) is 0 Å². The van der Waals surface area contributed by atoms with E-state index in [1.807, 2.05) is 0 Å². The fourth-order valence-corrected chi connectivity index (χ4v) is 0.0791. The third-order valence-corrected chi connectivity index (χ3v) is 0.801. The quantitative estimate of drug-likeness (QED) is 0.291. The minimum Gasteiger partial charge on any atom is -0.270 e. The van der Waals surface area contributed by atoms with Crippen LogP contribution in [0.15, 0.2) is 0 Å². The van der Waals surface area contributed by atoms with E-state index in [-0.39, 0.29) is 0 Å². The molecule has 43 valence electrons. The molecule has 0 aromatic rings. The van der Waals surface area contributed by atoms with Gasteiger partial charge in [0.25, 0.3) is 0 Å². The Morgan fingerprint density at radius 2 is 2.29 bits per heavy atom. The first-order valence-electron chi connectivity index (χ1n) is 1.22. The second kappa shape index (κ2) is 2.31. The summed E-state index contributed by atoms with van der Waals surface area (Å²) < 4.78 is 22.9.